The Morgan fingerprint density at radius 3 is 2.59 bits per heavy atom. The minimum Gasteiger partial charge on any atom is -0.493 e. The van der Waals surface area contributed by atoms with E-state index in [0.717, 1.165) is 6.42 Å². The van der Waals surface area contributed by atoms with Crippen LogP contribution in [0.15, 0.2) is 24.3 Å². The molecular formula is C15H21N3O4. The van der Waals surface area contributed by atoms with Gasteiger partial charge in [-0.15, -0.1) is 0 Å². The van der Waals surface area contributed by atoms with Gasteiger partial charge < -0.3 is 26.3 Å². The van der Waals surface area contributed by atoms with E-state index in [4.69, 9.17) is 20.9 Å². The Morgan fingerprint density at radius 2 is 2.00 bits per heavy atom. The summed E-state index contributed by atoms with van der Waals surface area (Å²) in [5, 5.41) is 2.80. The van der Waals surface area contributed by atoms with Gasteiger partial charge in [0.2, 0.25) is 5.91 Å². The van der Waals surface area contributed by atoms with Gasteiger partial charge in [-0.2, -0.15) is 0 Å². The lowest BCUT2D eigenvalue weighted by molar-refractivity contribution is -0.126. The van der Waals surface area contributed by atoms with Crippen LogP contribution in [0.1, 0.15) is 19.3 Å². The molecular weight excluding hydrogens is 286 g/mol. The third kappa shape index (κ3) is 4.71. The molecule has 1 aliphatic rings. The second-order valence-electron chi connectivity index (χ2n) is 5.14. The summed E-state index contributed by atoms with van der Waals surface area (Å²) < 4.78 is 10.9. The SMILES string of the molecule is NC[C@H]1CC[C@@H](C(=O)Nc2ccc(OCCC(N)=O)cc2)O1. The highest BCUT2D eigenvalue weighted by Gasteiger charge is 2.29. The molecule has 1 aromatic rings. The number of benzene rings is 1. The third-order valence-corrected chi connectivity index (χ3v) is 3.40. The van der Waals surface area contributed by atoms with Crippen molar-refractivity contribution in [3.63, 3.8) is 0 Å². The summed E-state index contributed by atoms with van der Waals surface area (Å²) in [4.78, 5) is 22.7. The van der Waals surface area contributed by atoms with E-state index in [9.17, 15) is 9.59 Å². The number of ether oxygens (including phenoxy) is 2. The topological polar surface area (TPSA) is 117 Å². The van der Waals surface area contributed by atoms with Crippen LogP contribution in [0.3, 0.4) is 0 Å². The van der Waals surface area contributed by atoms with Crippen molar-refractivity contribution in [1.29, 1.82) is 0 Å². The zero-order chi connectivity index (χ0) is 15.9. The van der Waals surface area contributed by atoms with E-state index in [0.29, 0.717) is 24.4 Å². The monoisotopic (exact) mass is 307 g/mol. The number of rotatable bonds is 7. The number of primary amides is 1. The predicted molar refractivity (Wildman–Crippen MR) is 81.3 cm³/mol. The Morgan fingerprint density at radius 1 is 1.27 bits per heavy atom. The summed E-state index contributed by atoms with van der Waals surface area (Å²) >= 11 is 0. The van der Waals surface area contributed by atoms with Gasteiger partial charge in [0, 0.05) is 12.2 Å². The Hall–Kier alpha value is -2.12. The number of hydrogen-bond acceptors (Lipinski definition) is 5. The number of amides is 2. The van der Waals surface area contributed by atoms with E-state index < -0.39 is 12.0 Å². The smallest absolute Gasteiger partial charge is 0.253 e. The lowest BCUT2D eigenvalue weighted by atomic mass is 10.2. The first-order chi connectivity index (χ1) is 10.6. The van der Waals surface area contributed by atoms with Gasteiger partial charge in [-0.1, -0.05) is 0 Å². The summed E-state index contributed by atoms with van der Waals surface area (Å²) in [5.74, 6) is 0.0362. The highest BCUT2D eigenvalue weighted by atomic mass is 16.5. The van der Waals surface area contributed by atoms with E-state index in [1.807, 2.05) is 0 Å². The van der Waals surface area contributed by atoms with E-state index in [1.54, 1.807) is 24.3 Å². The third-order valence-electron chi connectivity index (χ3n) is 3.40. The molecule has 2 amide bonds. The van der Waals surface area contributed by atoms with Crippen LogP contribution < -0.4 is 21.5 Å². The fourth-order valence-electron chi connectivity index (χ4n) is 2.20. The summed E-state index contributed by atoms with van der Waals surface area (Å²) in [6, 6.07) is 6.89. The van der Waals surface area contributed by atoms with Crippen molar-refractivity contribution in [1.82, 2.24) is 0 Å². The molecule has 7 nitrogen and oxygen atoms in total. The Kier molecular flexibility index (Phi) is 5.74. The molecule has 1 saturated heterocycles. The Labute approximate surface area is 128 Å². The molecule has 22 heavy (non-hydrogen) atoms. The molecule has 2 rings (SSSR count). The largest absolute Gasteiger partial charge is 0.493 e. The summed E-state index contributed by atoms with van der Waals surface area (Å²) in [7, 11) is 0. The zero-order valence-electron chi connectivity index (χ0n) is 12.3. The maximum atomic E-state index is 12.0. The minimum absolute atomic E-state index is 0.0308. The van der Waals surface area contributed by atoms with E-state index in [-0.39, 0.29) is 25.0 Å². The summed E-state index contributed by atoms with van der Waals surface area (Å²) in [6.07, 6.45) is 1.18. The van der Waals surface area contributed by atoms with E-state index >= 15 is 0 Å². The molecule has 1 heterocycles. The fraction of sp³-hybridized carbons (Fsp3) is 0.467. The van der Waals surface area contributed by atoms with Crippen LogP contribution >= 0.6 is 0 Å². The average Bonchev–Trinajstić information content (AvgIpc) is 2.98. The number of nitrogens with one attached hydrogen (secondary N) is 1. The van der Waals surface area contributed by atoms with Gasteiger partial charge in [0.25, 0.3) is 5.91 Å². The number of carbonyl (C=O) groups excluding carboxylic acids is 2. The van der Waals surface area contributed by atoms with Gasteiger partial charge in [-0.3, -0.25) is 9.59 Å². The van der Waals surface area contributed by atoms with E-state index in [1.165, 1.54) is 0 Å². The van der Waals surface area contributed by atoms with Crippen molar-refractivity contribution in [3.05, 3.63) is 24.3 Å². The summed E-state index contributed by atoms with van der Waals surface area (Å²) in [6.45, 7) is 0.665. The van der Waals surface area contributed by atoms with Crippen molar-refractivity contribution < 1.29 is 19.1 Å². The number of anilines is 1. The average molecular weight is 307 g/mol. The van der Waals surface area contributed by atoms with Crippen molar-refractivity contribution in [2.45, 2.75) is 31.5 Å². The van der Waals surface area contributed by atoms with Crippen molar-refractivity contribution in [2.75, 3.05) is 18.5 Å². The van der Waals surface area contributed by atoms with Gasteiger partial charge >= 0.3 is 0 Å². The highest BCUT2D eigenvalue weighted by molar-refractivity contribution is 5.94. The zero-order valence-corrected chi connectivity index (χ0v) is 12.3. The lowest BCUT2D eigenvalue weighted by Crippen LogP contribution is -2.29. The Bertz CT molecular complexity index is 518. The van der Waals surface area contributed by atoms with Crippen LogP contribution in [-0.2, 0) is 14.3 Å². The number of carbonyl (C=O) groups is 2. The molecule has 5 N–H and O–H groups in total. The summed E-state index contributed by atoms with van der Waals surface area (Å²) in [5.41, 5.74) is 11.2. The normalized spacial score (nSPS) is 20.6. The van der Waals surface area contributed by atoms with Gasteiger partial charge in [0.15, 0.2) is 0 Å². The highest BCUT2D eigenvalue weighted by Crippen LogP contribution is 2.21. The number of hydrogen-bond donors (Lipinski definition) is 3. The van der Waals surface area contributed by atoms with Crippen molar-refractivity contribution >= 4 is 17.5 Å². The molecule has 0 radical (unpaired) electrons. The molecule has 120 valence electrons. The van der Waals surface area contributed by atoms with Crippen molar-refractivity contribution in [3.8, 4) is 5.75 Å². The molecule has 0 bridgehead atoms. The Balaban J connectivity index is 1.81. The molecule has 0 aromatic heterocycles. The van der Waals surface area contributed by atoms with E-state index in [2.05, 4.69) is 5.32 Å². The molecule has 0 aliphatic carbocycles. The fourth-order valence-corrected chi connectivity index (χ4v) is 2.20. The van der Waals surface area contributed by atoms with Crippen LogP contribution in [0.2, 0.25) is 0 Å². The van der Waals surface area contributed by atoms with Gasteiger partial charge in [-0.25, -0.2) is 0 Å². The first-order valence-electron chi connectivity index (χ1n) is 7.26. The van der Waals surface area contributed by atoms with Crippen LogP contribution in [0, 0.1) is 0 Å². The molecule has 1 aromatic carbocycles. The predicted octanol–water partition coefficient (Wildman–Crippen LogP) is 0.386. The quantitative estimate of drug-likeness (QED) is 0.673. The number of nitrogens with two attached hydrogens (primary N) is 2. The van der Waals surface area contributed by atoms with Crippen LogP contribution in [0.5, 0.6) is 5.75 Å². The minimum atomic E-state index is -0.444. The maximum absolute atomic E-state index is 12.0. The molecule has 2 atom stereocenters. The molecule has 1 fully saturated rings. The lowest BCUT2D eigenvalue weighted by Gasteiger charge is -2.13. The molecule has 7 heteroatoms. The molecule has 0 saturated carbocycles. The van der Waals surface area contributed by atoms with Gasteiger partial charge in [0.1, 0.15) is 11.9 Å². The first kappa shape index (κ1) is 16.3. The van der Waals surface area contributed by atoms with Crippen LogP contribution in [0.25, 0.3) is 0 Å². The first-order valence-corrected chi connectivity index (χ1v) is 7.26. The van der Waals surface area contributed by atoms with Gasteiger partial charge in [-0.05, 0) is 37.1 Å². The van der Waals surface area contributed by atoms with Gasteiger partial charge in [0.05, 0.1) is 19.1 Å². The molecule has 0 spiro atoms. The molecule has 1 aliphatic heterocycles. The standard InChI is InChI=1S/C15H21N3O4/c16-9-12-5-6-13(22-12)15(20)18-10-1-3-11(4-2-10)21-8-7-14(17)19/h1-4,12-13H,5-9,16H2,(H2,17,19)(H,18,20)/t12-,13+/m1/s1. The van der Waals surface area contributed by atoms with Crippen molar-refractivity contribution in [2.24, 2.45) is 11.5 Å². The van der Waals surface area contributed by atoms with Crippen LogP contribution in [-0.4, -0.2) is 37.2 Å². The molecule has 0 unspecified atom stereocenters. The second-order valence-corrected chi connectivity index (χ2v) is 5.14. The second kappa shape index (κ2) is 7.77. The van der Waals surface area contributed by atoms with Crippen LogP contribution in [0.4, 0.5) is 5.69 Å². The maximum Gasteiger partial charge on any atom is 0.253 e.